The Labute approximate surface area is 487 Å². The molecule has 20 nitrogen and oxygen atoms in total. The lowest BCUT2D eigenvalue weighted by atomic mass is 9.83. The van der Waals surface area contributed by atoms with E-state index in [1.807, 2.05) is 85.3 Å². The highest BCUT2D eigenvalue weighted by molar-refractivity contribution is 6.45. The summed E-state index contributed by atoms with van der Waals surface area (Å²) in [5.74, 6) is 3.74. The first-order valence-corrected chi connectivity index (χ1v) is 29.7. The first-order chi connectivity index (χ1) is 39.1. The first-order valence-electron chi connectivity index (χ1n) is 29.7. The van der Waals surface area contributed by atoms with Gasteiger partial charge in [0.1, 0.15) is 42.0 Å². The van der Waals surface area contributed by atoms with Crippen molar-refractivity contribution < 1.29 is 58.0 Å². The molecular formula is C61H95BN8O12. The van der Waals surface area contributed by atoms with Gasteiger partial charge in [0, 0.05) is 77.8 Å². The predicted octanol–water partition coefficient (Wildman–Crippen LogP) is 7.39. The largest absolute Gasteiger partial charge is 0.490 e. The summed E-state index contributed by atoms with van der Waals surface area (Å²) < 4.78 is 33.6. The van der Waals surface area contributed by atoms with E-state index in [4.69, 9.17) is 43.6 Å². The van der Waals surface area contributed by atoms with Crippen molar-refractivity contribution in [1.82, 2.24) is 35.0 Å². The minimum atomic E-state index is -0.481. The predicted molar refractivity (Wildman–Crippen MR) is 316 cm³/mol. The van der Waals surface area contributed by atoms with Crippen LogP contribution in [0.15, 0.2) is 67.5 Å². The molecule has 6 fully saturated rings. The van der Waals surface area contributed by atoms with Gasteiger partial charge in [-0.3, -0.25) is 19.7 Å². The first kappa shape index (κ1) is 65.6. The van der Waals surface area contributed by atoms with Gasteiger partial charge in [-0.25, -0.2) is 9.59 Å². The highest BCUT2D eigenvalue weighted by Gasteiger charge is 2.42. The van der Waals surface area contributed by atoms with Gasteiger partial charge < -0.3 is 68.9 Å². The maximum absolute atomic E-state index is 12.1. The topological polar surface area (TPSA) is 240 Å². The molecule has 4 saturated heterocycles. The second-order valence-electron chi connectivity index (χ2n) is 24.7. The van der Waals surface area contributed by atoms with Crippen LogP contribution in [0.4, 0.5) is 15.3 Å². The van der Waals surface area contributed by atoms with E-state index >= 15 is 0 Å². The van der Waals surface area contributed by atoms with Crippen molar-refractivity contribution in [1.29, 1.82) is 0 Å². The number of carbonyl (C=O) groups is 3. The van der Waals surface area contributed by atoms with Crippen molar-refractivity contribution in [2.75, 3.05) is 78.6 Å². The number of nitrogens with zero attached hydrogens (tertiary/aromatic N) is 6. The fraction of sp³-hybridized carbons (Fsp3) is 0.672. The fourth-order valence-electron chi connectivity index (χ4n) is 9.61. The standard InChI is InChI=1S/C19H28N2O4.C18H27N3O3.C14H20N2O2.C10H20BNO3/c1-19(2,3)25-18(23)21-5-4-16(21)12-24-17-7-13(9-20-10-17)6-14-8-15(14)11-22;1-18(2,3)24-17(23)21-8-7-16(21)13-20-15-10-14(11-19-12-15)6-4-5-9-22;17-8-12-5-11(12)3-10-4-14(7-15-6-10)18-9-13-1-2-16-13;1-5-6-7-11-14-8(2)9(15-11)10(13)12(3)4/h7,9-10,14-16,22H,4-6,8,11-12H2,1-3H3;4-5,10-12,16,20,22H,6-9,13H2,1-3H3;4,6-7,11-13,16-17H,1-3,5,8-9H2;8-9H,5-7H2,1-4H3/b;5-4+;;/t14?,15-,16+;16-;11?,12-,13+;8-,9+/m1011/s1. The quantitative estimate of drug-likeness (QED) is 0.0487. The summed E-state index contributed by atoms with van der Waals surface area (Å²) in [6, 6.07) is 6.84. The third-order valence-corrected chi connectivity index (χ3v) is 15.0. The highest BCUT2D eigenvalue weighted by atomic mass is 16.7. The molecule has 2 aliphatic carbocycles. The summed E-state index contributed by atoms with van der Waals surface area (Å²) in [4.78, 5) is 53.6. The van der Waals surface area contributed by atoms with Gasteiger partial charge >= 0.3 is 19.3 Å². The number of aliphatic hydroxyl groups excluding tert-OH is 3. The number of allylic oxidation sites excluding steroid dienone is 1. The Bertz CT molecular complexity index is 2470. The number of likely N-dealkylation sites (N-methyl/N-ethyl adjacent to an activating group) is 1. The summed E-state index contributed by atoms with van der Waals surface area (Å²) in [5, 5.41) is 33.6. The molecule has 454 valence electrons. The second-order valence-corrected chi connectivity index (χ2v) is 24.7. The number of anilines is 1. The number of hydrogen-bond donors (Lipinski definition) is 5. The fourth-order valence-corrected chi connectivity index (χ4v) is 9.61. The van der Waals surface area contributed by atoms with Gasteiger partial charge in [0.25, 0.3) is 5.91 Å². The SMILES string of the molecule is CC(C)(C)OC(=O)N1CC[C@H]1CNc1cncc(C/C=C/CO)c1.CC(C)(C)OC(=O)N1CC[C@H]1COc1cncc(CC2C[C@@H]2CO)c1.CCCCB1O[C@H](C(=O)N(C)C)[C@@H](C)O1.OC[C@H]1CC1Cc1cncc(OC[C@@H]2CCN2)c1. The number of aromatic nitrogens is 3. The summed E-state index contributed by atoms with van der Waals surface area (Å²) in [5.41, 5.74) is 3.41. The van der Waals surface area contributed by atoms with E-state index in [0.29, 0.717) is 56.0 Å². The van der Waals surface area contributed by atoms with E-state index in [2.05, 4.69) is 38.6 Å². The van der Waals surface area contributed by atoms with Gasteiger partial charge in [0.15, 0.2) is 0 Å². The van der Waals surface area contributed by atoms with E-state index in [1.54, 1.807) is 53.5 Å². The van der Waals surface area contributed by atoms with Crippen LogP contribution < -0.4 is 20.1 Å². The molecule has 21 heteroatoms. The van der Waals surface area contributed by atoms with Gasteiger partial charge in [-0.15, -0.1) is 0 Å². The van der Waals surface area contributed by atoms with Crippen molar-refractivity contribution in [3.8, 4) is 11.5 Å². The molecule has 0 bridgehead atoms. The second kappa shape index (κ2) is 31.9. The molecule has 2 saturated carbocycles. The zero-order chi connectivity index (χ0) is 59.4. The number of aliphatic hydroxyl groups is 3. The number of rotatable bonds is 22. The smallest absolute Gasteiger partial charge is 0.457 e. The Hall–Kier alpha value is -5.58. The van der Waals surface area contributed by atoms with Crippen LogP contribution >= 0.6 is 0 Å². The summed E-state index contributed by atoms with van der Waals surface area (Å²) in [7, 11) is 3.27. The van der Waals surface area contributed by atoms with Crippen LogP contribution in [0, 0.1) is 23.7 Å². The maximum atomic E-state index is 12.1. The van der Waals surface area contributed by atoms with Gasteiger partial charge in [-0.05, 0) is 171 Å². The molecular weight excluding hydrogens is 1050 g/mol. The Morgan fingerprint density at radius 2 is 1.29 bits per heavy atom. The van der Waals surface area contributed by atoms with Gasteiger partial charge in [-0.1, -0.05) is 31.9 Å². The van der Waals surface area contributed by atoms with Crippen LogP contribution in [0.1, 0.15) is 117 Å². The van der Waals surface area contributed by atoms with Crippen molar-refractivity contribution >= 4 is 30.9 Å². The van der Waals surface area contributed by atoms with Gasteiger partial charge in [0.05, 0.1) is 42.9 Å². The van der Waals surface area contributed by atoms with Crippen molar-refractivity contribution in [2.24, 2.45) is 23.7 Å². The minimum Gasteiger partial charge on any atom is -0.490 e. The highest BCUT2D eigenvalue weighted by Crippen LogP contribution is 2.41. The van der Waals surface area contributed by atoms with E-state index in [-0.39, 0.29) is 56.6 Å². The maximum Gasteiger partial charge on any atom is 0.457 e. The lowest BCUT2D eigenvalue weighted by molar-refractivity contribution is -0.136. The number of ether oxygens (including phenoxy) is 4. The number of unbranched alkanes of at least 4 members (excludes halogenated alkanes) is 1. The number of nitrogens with one attached hydrogen (secondary N) is 2. The molecule has 3 amide bonds. The monoisotopic (exact) mass is 1140 g/mol. The minimum absolute atomic E-state index is 0.0125. The third-order valence-electron chi connectivity index (χ3n) is 15.0. The molecule has 5 N–H and O–H groups in total. The van der Waals surface area contributed by atoms with E-state index in [1.165, 1.54) is 12.0 Å². The van der Waals surface area contributed by atoms with Crippen molar-refractivity contribution in [2.45, 2.75) is 167 Å². The van der Waals surface area contributed by atoms with Crippen LogP contribution in [0.3, 0.4) is 0 Å². The van der Waals surface area contributed by atoms with Crippen LogP contribution in [0.5, 0.6) is 11.5 Å². The lowest BCUT2D eigenvalue weighted by Crippen LogP contribution is -2.55. The Kier molecular flexibility index (Phi) is 25.5. The molecule has 3 aromatic rings. The van der Waals surface area contributed by atoms with Crippen LogP contribution in [0.2, 0.25) is 6.32 Å². The average Bonchev–Trinajstić information content (AvgIpc) is 4.32. The molecule has 0 radical (unpaired) electrons. The van der Waals surface area contributed by atoms with E-state index in [9.17, 15) is 14.4 Å². The molecule has 9 rings (SSSR count). The summed E-state index contributed by atoms with van der Waals surface area (Å²) >= 11 is 0. The molecule has 6 aliphatic rings. The number of amides is 3. The molecule has 82 heavy (non-hydrogen) atoms. The molecule has 0 spiro atoms. The number of likely N-dealkylation sites (tertiary alicyclic amines) is 2. The Morgan fingerprint density at radius 1 is 0.744 bits per heavy atom. The Balaban J connectivity index is 0.000000179. The van der Waals surface area contributed by atoms with Gasteiger partial charge in [0.2, 0.25) is 0 Å². The molecule has 3 aromatic heterocycles. The average molecular weight is 1140 g/mol. The third kappa shape index (κ3) is 22.2. The normalized spacial score (nSPS) is 24.1. The number of hydrogen-bond acceptors (Lipinski definition) is 17. The zero-order valence-electron chi connectivity index (χ0n) is 50.5. The molecule has 0 aromatic carbocycles. The summed E-state index contributed by atoms with van der Waals surface area (Å²) in [6.07, 6.45) is 24.4. The Morgan fingerprint density at radius 3 is 1.77 bits per heavy atom. The van der Waals surface area contributed by atoms with Crippen molar-refractivity contribution in [3.63, 3.8) is 0 Å². The number of pyridine rings is 3. The molecule has 4 aliphatic heterocycles. The number of carbonyl (C=O) groups excluding carboxylic acids is 3. The molecule has 2 unspecified atom stereocenters. The zero-order valence-corrected chi connectivity index (χ0v) is 50.5. The van der Waals surface area contributed by atoms with Crippen molar-refractivity contribution in [3.05, 3.63) is 84.2 Å². The van der Waals surface area contributed by atoms with Crippen LogP contribution in [-0.2, 0) is 42.8 Å². The lowest BCUT2D eigenvalue weighted by Gasteiger charge is -2.41. The summed E-state index contributed by atoms with van der Waals surface area (Å²) in [6.45, 7) is 20.3. The molecule has 7 heterocycles. The van der Waals surface area contributed by atoms with E-state index in [0.717, 1.165) is 112 Å². The van der Waals surface area contributed by atoms with Gasteiger partial charge in [-0.2, -0.15) is 0 Å². The van der Waals surface area contributed by atoms with E-state index < -0.39 is 17.3 Å². The van der Waals surface area contributed by atoms with Crippen LogP contribution in [-0.4, -0.2) is 185 Å². The molecule has 9 atom stereocenters. The van der Waals surface area contributed by atoms with Crippen LogP contribution in [0.25, 0.3) is 0 Å².